The third-order valence-electron chi connectivity index (χ3n) is 3.56. The van der Waals surface area contributed by atoms with Gasteiger partial charge in [0.2, 0.25) is 0 Å². The van der Waals surface area contributed by atoms with Crippen LogP contribution in [0.3, 0.4) is 0 Å². The molecule has 5 heteroatoms. The van der Waals surface area contributed by atoms with Crippen molar-refractivity contribution in [2.45, 2.75) is 58.2 Å². The largest absolute Gasteiger partial charge is 0.480 e. The minimum atomic E-state index is -0.882. The summed E-state index contributed by atoms with van der Waals surface area (Å²) in [6, 6.07) is 0.155. The molecular formula is C14H28N2O3. The van der Waals surface area contributed by atoms with Crippen LogP contribution >= 0.6 is 0 Å². The summed E-state index contributed by atoms with van der Waals surface area (Å²) in [6.45, 7) is 10.8. The van der Waals surface area contributed by atoms with Gasteiger partial charge in [0, 0.05) is 32.3 Å². The highest BCUT2D eigenvalue weighted by Crippen LogP contribution is 2.17. The molecule has 0 aromatic rings. The molecule has 1 rings (SSSR count). The molecule has 0 saturated carbocycles. The average molecular weight is 272 g/mol. The van der Waals surface area contributed by atoms with Gasteiger partial charge in [-0.1, -0.05) is 0 Å². The van der Waals surface area contributed by atoms with E-state index in [1.165, 1.54) is 0 Å². The molecule has 1 heterocycles. The second-order valence-corrected chi connectivity index (χ2v) is 5.87. The molecule has 0 spiro atoms. The highest BCUT2D eigenvalue weighted by molar-refractivity contribution is 5.78. The molecule has 5 nitrogen and oxygen atoms in total. The normalized spacial score (nSPS) is 21.5. The lowest BCUT2D eigenvalue weighted by molar-refractivity contribution is -0.145. The molecular weight excluding hydrogens is 244 g/mol. The minimum absolute atomic E-state index is 0.155. The number of carboxylic acid groups (broad SMARTS) is 1. The first-order valence-electron chi connectivity index (χ1n) is 7.22. The Kier molecular flexibility index (Phi) is 6.23. The fraction of sp³-hybridized carbons (Fsp3) is 0.929. The topological polar surface area (TPSA) is 61.8 Å². The molecule has 0 aliphatic carbocycles. The van der Waals surface area contributed by atoms with Crippen molar-refractivity contribution in [2.24, 2.45) is 0 Å². The standard InChI is InChI=1S/C14H28N2O3/c1-5-19-12-6-8-16(9-7-12)10-14(4,13(17)18)15-11(2)3/h11-12,15H,5-10H2,1-4H3,(H,17,18). The Morgan fingerprint density at radius 3 is 2.47 bits per heavy atom. The summed E-state index contributed by atoms with van der Waals surface area (Å²) in [5, 5.41) is 12.6. The van der Waals surface area contributed by atoms with Crippen LogP contribution < -0.4 is 5.32 Å². The number of carbonyl (C=O) groups is 1. The summed E-state index contributed by atoms with van der Waals surface area (Å²) in [5.74, 6) is -0.784. The maximum Gasteiger partial charge on any atom is 0.324 e. The molecule has 2 N–H and O–H groups in total. The molecule has 1 aliphatic rings. The summed E-state index contributed by atoms with van der Waals surface area (Å²) < 4.78 is 5.61. The Labute approximate surface area is 116 Å². The molecule has 112 valence electrons. The van der Waals surface area contributed by atoms with Crippen LogP contribution in [0.25, 0.3) is 0 Å². The average Bonchev–Trinajstić information content (AvgIpc) is 2.31. The number of hydrogen-bond acceptors (Lipinski definition) is 4. The van der Waals surface area contributed by atoms with E-state index < -0.39 is 11.5 Å². The van der Waals surface area contributed by atoms with Gasteiger partial charge in [0.05, 0.1) is 6.10 Å². The van der Waals surface area contributed by atoms with Gasteiger partial charge in [-0.15, -0.1) is 0 Å². The Morgan fingerprint density at radius 2 is 2.05 bits per heavy atom. The van der Waals surface area contributed by atoms with Crippen LogP contribution in [-0.2, 0) is 9.53 Å². The zero-order valence-electron chi connectivity index (χ0n) is 12.6. The number of likely N-dealkylation sites (tertiary alicyclic amines) is 1. The van der Waals surface area contributed by atoms with E-state index in [4.69, 9.17) is 4.74 Å². The van der Waals surface area contributed by atoms with E-state index in [0.717, 1.165) is 32.5 Å². The highest BCUT2D eigenvalue weighted by atomic mass is 16.5. The number of nitrogens with one attached hydrogen (secondary N) is 1. The van der Waals surface area contributed by atoms with Crippen molar-refractivity contribution in [3.05, 3.63) is 0 Å². The van der Waals surface area contributed by atoms with Gasteiger partial charge in [-0.3, -0.25) is 10.1 Å². The van der Waals surface area contributed by atoms with Crippen molar-refractivity contribution < 1.29 is 14.6 Å². The van der Waals surface area contributed by atoms with Crippen LogP contribution in [0.4, 0.5) is 0 Å². The first-order valence-corrected chi connectivity index (χ1v) is 7.22. The minimum Gasteiger partial charge on any atom is -0.480 e. The summed E-state index contributed by atoms with van der Waals surface area (Å²) in [7, 11) is 0. The van der Waals surface area contributed by atoms with Crippen molar-refractivity contribution >= 4 is 5.97 Å². The first kappa shape index (κ1) is 16.4. The molecule has 0 aromatic heterocycles. The van der Waals surface area contributed by atoms with Crippen LogP contribution in [0, 0.1) is 0 Å². The number of ether oxygens (including phenoxy) is 1. The van der Waals surface area contributed by atoms with Crippen LogP contribution in [0.5, 0.6) is 0 Å². The second kappa shape index (κ2) is 7.22. The Bertz CT molecular complexity index is 288. The van der Waals surface area contributed by atoms with E-state index in [1.54, 1.807) is 6.92 Å². The molecule has 19 heavy (non-hydrogen) atoms. The van der Waals surface area contributed by atoms with Crippen molar-refractivity contribution in [3.8, 4) is 0 Å². The van der Waals surface area contributed by atoms with E-state index in [9.17, 15) is 9.90 Å². The lowest BCUT2D eigenvalue weighted by Gasteiger charge is -2.38. The quantitative estimate of drug-likeness (QED) is 0.732. The molecule has 0 bridgehead atoms. The van der Waals surface area contributed by atoms with E-state index >= 15 is 0 Å². The molecule has 1 unspecified atom stereocenters. The van der Waals surface area contributed by atoms with E-state index in [0.29, 0.717) is 12.6 Å². The van der Waals surface area contributed by atoms with Crippen molar-refractivity contribution in [2.75, 3.05) is 26.2 Å². The zero-order chi connectivity index (χ0) is 14.5. The number of aliphatic carboxylic acids is 1. The summed E-state index contributed by atoms with van der Waals surface area (Å²) in [6.07, 6.45) is 2.33. The molecule has 1 saturated heterocycles. The SMILES string of the molecule is CCOC1CCN(CC(C)(NC(C)C)C(=O)O)CC1. The predicted molar refractivity (Wildman–Crippen MR) is 75.4 cm³/mol. The second-order valence-electron chi connectivity index (χ2n) is 5.87. The third kappa shape index (κ3) is 5.09. The van der Waals surface area contributed by atoms with Gasteiger partial charge in [0.1, 0.15) is 5.54 Å². The summed E-state index contributed by atoms with van der Waals surface area (Å²) in [4.78, 5) is 13.7. The Balaban J connectivity index is 2.50. The van der Waals surface area contributed by atoms with Crippen molar-refractivity contribution in [3.63, 3.8) is 0 Å². The van der Waals surface area contributed by atoms with Crippen LogP contribution in [-0.4, -0.2) is 59.9 Å². The highest BCUT2D eigenvalue weighted by Gasteiger charge is 2.36. The van der Waals surface area contributed by atoms with Crippen molar-refractivity contribution in [1.82, 2.24) is 10.2 Å². The maximum absolute atomic E-state index is 11.5. The summed E-state index contributed by atoms with van der Waals surface area (Å²) in [5.41, 5.74) is -0.882. The number of rotatable bonds is 7. The third-order valence-corrected chi connectivity index (χ3v) is 3.56. The molecule has 1 aliphatic heterocycles. The summed E-state index contributed by atoms with van der Waals surface area (Å²) >= 11 is 0. The van der Waals surface area contributed by atoms with Gasteiger partial charge < -0.3 is 14.7 Å². The van der Waals surface area contributed by atoms with Gasteiger partial charge >= 0.3 is 5.97 Å². The van der Waals surface area contributed by atoms with Crippen molar-refractivity contribution in [1.29, 1.82) is 0 Å². The fourth-order valence-electron chi connectivity index (χ4n) is 2.73. The maximum atomic E-state index is 11.5. The Morgan fingerprint density at radius 1 is 1.47 bits per heavy atom. The van der Waals surface area contributed by atoms with Crippen LogP contribution in [0.1, 0.15) is 40.5 Å². The van der Waals surface area contributed by atoms with E-state index in [2.05, 4.69) is 10.2 Å². The van der Waals surface area contributed by atoms with Gasteiger partial charge in [-0.2, -0.15) is 0 Å². The smallest absolute Gasteiger partial charge is 0.324 e. The Hall–Kier alpha value is -0.650. The molecule has 0 amide bonds. The van der Waals surface area contributed by atoms with Gasteiger partial charge in [0.15, 0.2) is 0 Å². The van der Waals surface area contributed by atoms with Gasteiger partial charge in [0.25, 0.3) is 0 Å². The zero-order valence-corrected chi connectivity index (χ0v) is 12.6. The number of carboxylic acids is 1. The monoisotopic (exact) mass is 272 g/mol. The van der Waals surface area contributed by atoms with E-state index in [1.807, 2.05) is 20.8 Å². The van der Waals surface area contributed by atoms with Crippen LogP contribution in [0.15, 0.2) is 0 Å². The molecule has 0 radical (unpaired) electrons. The lowest BCUT2D eigenvalue weighted by atomic mass is 9.98. The molecule has 0 aromatic carbocycles. The first-order chi connectivity index (χ1) is 8.87. The predicted octanol–water partition coefficient (Wildman–Crippen LogP) is 1.33. The fourth-order valence-corrected chi connectivity index (χ4v) is 2.73. The van der Waals surface area contributed by atoms with Crippen LogP contribution in [0.2, 0.25) is 0 Å². The number of nitrogens with zero attached hydrogens (tertiary/aromatic N) is 1. The van der Waals surface area contributed by atoms with Gasteiger partial charge in [-0.05, 0) is 40.5 Å². The van der Waals surface area contributed by atoms with E-state index in [-0.39, 0.29) is 6.04 Å². The molecule has 1 fully saturated rings. The molecule has 1 atom stereocenters. The lowest BCUT2D eigenvalue weighted by Crippen LogP contribution is -2.59. The number of hydrogen-bond donors (Lipinski definition) is 2. The number of piperidine rings is 1. The van der Waals surface area contributed by atoms with Gasteiger partial charge in [-0.25, -0.2) is 0 Å².